The predicted molar refractivity (Wildman–Crippen MR) is 51.3 cm³/mol. The van der Waals surface area contributed by atoms with E-state index in [9.17, 15) is 4.79 Å². The molecule has 1 heterocycles. The van der Waals surface area contributed by atoms with Crippen molar-refractivity contribution in [2.24, 2.45) is 0 Å². The number of urea groups is 1. The molecule has 0 aliphatic rings. The van der Waals surface area contributed by atoms with Crippen LogP contribution in [0.3, 0.4) is 0 Å². The number of carbonyl (C=O) groups is 1. The van der Waals surface area contributed by atoms with Gasteiger partial charge >= 0.3 is 6.03 Å². The molecule has 0 fully saturated rings. The van der Waals surface area contributed by atoms with Crippen molar-refractivity contribution in [3.05, 3.63) is 24.0 Å². The van der Waals surface area contributed by atoms with E-state index in [-0.39, 0.29) is 6.03 Å². The van der Waals surface area contributed by atoms with Gasteiger partial charge in [-0.15, -0.1) is 0 Å². The van der Waals surface area contributed by atoms with Crippen LogP contribution in [0, 0.1) is 0 Å². The third kappa shape index (κ3) is 3.64. The maximum atomic E-state index is 11.1. The number of hydrogen-bond donors (Lipinski definition) is 3. The highest BCUT2D eigenvalue weighted by Gasteiger charge is 1.97. The van der Waals surface area contributed by atoms with E-state index < -0.39 is 0 Å². The maximum absolute atomic E-state index is 11.1. The lowest BCUT2D eigenvalue weighted by molar-refractivity contribution is 0.240. The average Bonchev–Trinajstić information content (AvgIpc) is 2.64. The molecule has 0 saturated heterocycles. The van der Waals surface area contributed by atoms with Crippen molar-refractivity contribution in [1.29, 1.82) is 0 Å². The summed E-state index contributed by atoms with van der Waals surface area (Å²) >= 11 is 0. The van der Waals surface area contributed by atoms with E-state index in [0.717, 1.165) is 18.7 Å². The number of hydrogen-bond acceptors (Lipinski definition) is 1. The van der Waals surface area contributed by atoms with Crippen molar-refractivity contribution in [1.82, 2.24) is 15.6 Å². The number of amides is 2. The Morgan fingerprint density at radius 2 is 2.38 bits per heavy atom. The molecule has 4 heteroatoms. The Morgan fingerprint density at radius 1 is 1.54 bits per heavy atom. The van der Waals surface area contributed by atoms with Crippen LogP contribution >= 0.6 is 0 Å². The maximum Gasteiger partial charge on any atom is 0.315 e. The van der Waals surface area contributed by atoms with Crippen LogP contribution in [0.25, 0.3) is 0 Å². The van der Waals surface area contributed by atoms with Crippen molar-refractivity contribution in [2.45, 2.75) is 19.9 Å². The van der Waals surface area contributed by atoms with Crippen LogP contribution in [0.4, 0.5) is 4.79 Å². The molecule has 0 aromatic carbocycles. The third-order valence-corrected chi connectivity index (χ3v) is 1.64. The average molecular weight is 181 g/mol. The first-order chi connectivity index (χ1) is 6.33. The van der Waals surface area contributed by atoms with Crippen LogP contribution in [0.1, 0.15) is 19.0 Å². The zero-order chi connectivity index (χ0) is 9.52. The standard InChI is InChI=1S/C9H15N3O/c1-2-5-11-9(13)12-7-8-4-3-6-10-8/h3-4,6,10H,2,5,7H2,1H3,(H2,11,12,13). The number of carbonyl (C=O) groups excluding carboxylic acids is 1. The molecule has 0 aliphatic heterocycles. The van der Waals surface area contributed by atoms with E-state index in [4.69, 9.17) is 0 Å². The zero-order valence-corrected chi connectivity index (χ0v) is 7.76. The zero-order valence-electron chi connectivity index (χ0n) is 7.76. The summed E-state index contributed by atoms with van der Waals surface area (Å²) in [5, 5.41) is 5.47. The number of H-pyrrole nitrogens is 1. The van der Waals surface area contributed by atoms with Gasteiger partial charge in [0.2, 0.25) is 0 Å². The van der Waals surface area contributed by atoms with E-state index in [1.54, 1.807) is 0 Å². The van der Waals surface area contributed by atoms with E-state index in [2.05, 4.69) is 15.6 Å². The topological polar surface area (TPSA) is 56.9 Å². The Bertz CT molecular complexity index is 243. The van der Waals surface area contributed by atoms with Crippen molar-refractivity contribution >= 4 is 6.03 Å². The van der Waals surface area contributed by atoms with Crippen molar-refractivity contribution in [2.75, 3.05) is 6.54 Å². The summed E-state index contributed by atoms with van der Waals surface area (Å²) in [5.74, 6) is 0. The van der Waals surface area contributed by atoms with Gasteiger partial charge in [-0.2, -0.15) is 0 Å². The van der Waals surface area contributed by atoms with Gasteiger partial charge < -0.3 is 15.6 Å². The van der Waals surface area contributed by atoms with Gasteiger partial charge in [-0.1, -0.05) is 6.92 Å². The third-order valence-electron chi connectivity index (χ3n) is 1.64. The molecule has 4 nitrogen and oxygen atoms in total. The van der Waals surface area contributed by atoms with Crippen molar-refractivity contribution in [3.63, 3.8) is 0 Å². The number of aromatic amines is 1. The lowest BCUT2D eigenvalue weighted by Crippen LogP contribution is -2.35. The van der Waals surface area contributed by atoms with Gasteiger partial charge in [0.15, 0.2) is 0 Å². The van der Waals surface area contributed by atoms with Gasteiger partial charge in [-0.3, -0.25) is 0 Å². The fraction of sp³-hybridized carbons (Fsp3) is 0.444. The minimum absolute atomic E-state index is 0.114. The monoisotopic (exact) mass is 181 g/mol. The van der Waals surface area contributed by atoms with Crippen LogP contribution in [-0.4, -0.2) is 17.6 Å². The molecule has 2 amide bonds. The molecule has 0 spiro atoms. The Labute approximate surface area is 77.7 Å². The van der Waals surface area contributed by atoms with Crippen LogP contribution in [0.15, 0.2) is 18.3 Å². The Balaban J connectivity index is 2.15. The molecule has 72 valence electrons. The molecule has 1 rings (SSSR count). The van der Waals surface area contributed by atoms with Crippen molar-refractivity contribution < 1.29 is 4.79 Å². The molecule has 0 atom stereocenters. The quantitative estimate of drug-likeness (QED) is 0.642. The van der Waals surface area contributed by atoms with Gasteiger partial charge in [-0.05, 0) is 18.6 Å². The summed E-state index contributed by atoms with van der Waals surface area (Å²) in [7, 11) is 0. The highest BCUT2D eigenvalue weighted by molar-refractivity contribution is 5.73. The fourth-order valence-electron chi connectivity index (χ4n) is 0.954. The lowest BCUT2D eigenvalue weighted by Gasteiger charge is -2.04. The Morgan fingerprint density at radius 3 is 3.00 bits per heavy atom. The lowest BCUT2D eigenvalue weighted by atomic mass is 10.4. The molecule has 0 saturated carbocycles. The molecular weight excluding hydrogens is 166 g/mol. The summed E-state index contributed by atoms with van der Waals surface area (Å²) in [6.45, 7) is 3.28. The van der Waals surface area contributed by atoms with E-state index in [0.29, 0.717) is 6.54 Å². The second-order valence-corrected chi connectivity index (χ2v) is 2.80. The summed E-state index contributed by atoms with van der Waals surface area (Å²) in [6, 6.07) is 3.72. The molecule has 0 bridgehead atoms. The number of rotatable bonds is 4. The SMILES string of the molecule is CCCNC(=O)NCc1ccc[nH]1. The van der Waals surface area contributed by atoms with E-state index in [1.807, 2.05) is 25.3 Å². The summed E-state index contributed by atoms with van der Waals surface area (Å²) < 4.78 is 0. The minimum Gasteiger partial charge on any atom is -0.364 e. The summed E-state index contributed by atoms with van der Waals surface area (Å²) in [5.41, 5.74) is 1.01. The molecule has 0 aliphatic carbocycles. The molecule has 0 radical (unpaired) electrons. The molecule has 1 aromatic heterocycles. The number of nitrogens with one attached hydrogen (secondary N) is 3. The Hall–Kier alpha value is -1.45. The number of aromatic nitrogens is 1. The fourth-order valence-corrected chi connectivity index (χ4v) is 0.954. The molecular formula is C9H15N3O. The molecule has 0 unspecified atom stereocenters. The second-order valence-electron chi connectivity index (χ2n) is 2.80. The smallest absolute Gasteiger partial charge is 0.315 e. The largest absolute Gasteiger partial charge is 0.364 e. The highest BCUT2D eigenvalue weighted by Crippen LogP contribution is 1.92. The first kappa shape index (κ1) is 9.64. The van der Waals surface area contributed by atoms with Gasteiger partial charge in [-0.25, -0.2) is 4.79 Å². The minimum atomic E-state index is -0.114. The van der Waals surface area contributed by atoms with Crippen LogP contribution < -0.4 is 10.6 Å². The van der Waals surface area contributed by atoms with E-state index >= 15 is 0 Å². The van der Waals surface area contributed by atoms with Gasteiger partial charge in [0, 0.05) is 18.4 Å². The molecule has 13 heavy (non-hydrogen) atoms. The molecule has 3 N–H and O–H groups in total. The normalized spacial score (nSPS) is 9.62. The first-order valence-electron chi connectivity index (χ1n) is 4.47. The second kappa shape index (κ2) is 5.24. The van der Waals surface area contributed by atoms with Crippen LogP contribution in [0.2, 0.25) is 0 Å². The van der Waals surface area contributed by atoms with Gasteiger partial charge in [0.25, 0.3) is 0 Å². The van der Waals surface area contributed by atoms with Crippen LogP contribution in [-0.2, 0) is 6.54 Å². The summed E-state index contributed by atoms with van der Waals surface area (Å²) in [6.07, 6.45) is 2.79. The van der Waals surface area contributed by atoms with E-state index in [1.165, 1.54) is 0 Å². The predicted octanol–water partition coefficient (Wildman–Crippen LogP) is 1.22. The van der Waals surface area contributed by atoms with Crippen molar-refractivity contribution in [3.8, 4) is 0 Å². The molecule has 1 aromatic rings. The van der Waals surface area contributed by atoms with Crippen LogP contribution in [0.5, 0.6) is 0 Å². The Kier molecular flexibility index (Phi) is 3.88. The van der Waals surface area contributed by atoms with Gasteiger partial charge in [0.05, 0.1) is 6.54 Å². The van der Waals surface area contributed by atoms with Gasteiger partial charge in [0.1, 0.15) is 0 Å². The highest BCUT2D eigenvalue weighted by atomic mass is 16.2. The summed E-state index contributed by atoms with van der Waals surface area (Å²) in [4.78, 5) is 14.1. The first-order valence-corrected chi connectivity index (χ1v) is 4.47.